The van der Waals surface area contributed by atoms with Crippen molar-refractivity contribution in [3.05, 3.63) is 180 Å². The topological polar surface area (TPSA) is 30.7 Å². The molecule has 0 N–H and O–H groups in total. The van der Waals surface area contributed by atoms with Crippen molar-refractivity contribution in [3.8, 4) is 22.5 Å². The van der Waals surface area contributed by atoms with E-state index in [2.05, 4.69) is 158 Å². The molecule has 2 unspecified atom stereocenters. The van der Waals surface area contributed by atoms with Gasteiger partial charge in [-0.1, -0.05) is 147 Å². The van der Waals surface area contributed by atoms with Crippen LogP contribution in [0, 0.1) is 11.3 Å². The molecule has 274 valence electrons. The Morgan fingerprint density at radius 1 is 0.714 bits per heavy atom. The number of hydrogen-bond donors (Lipinski definition) is 0. The highest BCUT2D eigenvalue weighted by Gasteiger charge is 2.46. The zero-order valence-electron chi connectivity index (χ0n) is 32.5. The summed E-state index contributed by atoms with van der Waals surface area (Å²) in [6, 6.07) is 42.5. The number of para-hydroxylation sites is 1. The maximum Gasteiger partial charge on any atom is 0.160 e. The number of hydrogen-bond acceptors (Lipinski definition) is 2. The molecule has 7 aromatic rings. The molecule has 2 heterocycles. The van der Waals surface area contributed by atoms with Crippen LogP contribution in [0.4, 0.5) is 0 Å². The third-order valence-corrected chi connectivity index (χ3v) is 12.8. The molecular weight excluding hydrogens is 679 g/mol. The number of rotatable bonds is 6. The fourth-order valence-corrected chi connectivity index (χ4v) is 10.1. The number of allylic oxidation sites excluding steroid dienone is 10. The molecule has 3 aliphatic carbocycles. The third kappa shape index (κ3) is 5.55. The SMILES string of the molecule is C/C=C\C=C(/C)c1nc(-c2ccccc2)nc2ccc(-c3ccc4c(c3)c3ccccc3n4C3c4ccccc4C(C4CCCCC4)=C4C=CC=CC43C)cc12. The van der Waals surface area contributed by atoms with Crippen LogP contribution in [0.5, 0.6) is 0 Å². The van der Waals surface area contributed by atoms with Crippen molar-refractivity contribution in [2.24, 2.45) is 11.3 Å². The van der Waals surface area contributed by atoms with Crippen molar-refractivity contribution in [3.63, 3.8) is 0 Å². The molecule has 1 fully saturated rings. The smallest absolute Gasteiger partial charge is 0.160 e. The second-order valence-electron chi connectivity index (χ2n) is 16.1. The van der Waals surface area contributed by atoms with Gasteiger partial charge in [-0.2, -0.15) is 0 Å². The van der Waals surface area contributed by atoms with E-state index in [1.807, 2.05) is 25.1 Å². The van der Waals surface area contributed by atoms with Gasteiger partial charge in [-0.3, -0.25) is 0 Å². The molecule has 5 aromatic carbocycles. The highest BCUT2D eigenvalue weighted by atomic mass is 15.0. The zero-order chi connectivity index (χ0) is 37.8. The monoisotopic (exact) mass is 725 g/mol. The Kier molecular flexibility index (Phi) is 8.55. The summed E-state index contributed by atoms with van der Waals surface area (Å²) in [6.07, 6.45) is 22.3. The first-order valence-corrected chi connectivity index (χ1v) is 20.4. The molecule has 56 heavy (non-hydrogen) atoms. The van der Waals surface area contributed by atoms with Gasteiger partial charge in [-0.25, -0.2) is 9.97 Å². The number of fused-ring (bicyclic) bond motifs is 6. The van der Waals surface area contributed by atoms with E-state index in [9.17, 15) is 0 Å². The fraction of sp³-hybridized carbons (Fsp3) is 0.208. The molecule has 0 aliphatic heterocycles. The minimum absolute atomic E-state index is 0.0987. The quantitative estimate of drug-likeness (QED) is 0.160. The third-order valence-electron chi connectivity index (χ3n) is 12.8. The van der Waals surface area contributed by atoms with Crippen LogP contribution >= 0.6 is 0 Å². The van der Waals surface area contributed by atoms with Gasteiger partial charge in [0, 0.05) is 38.2 Å². The Bertz CT molecular complexity index is 2820. The van der Waals surface area contributed by atoms with Gasteiger partial charge in [0.1, 0.15) is 0 Å². The van der Waals surface area contributed by atoms with Gasteiger partial charge in [-0.05, 0) is 109 Å². The summed E-state index contributed by atoms with van der Waals surface area (Å²) in [7, 11) is 0. The van der Waals surface area contributed by atoms with E-state index in [0.717, 1.165) is 39.1 Å². The highest BCUT2D eigenvalue weighted by molar-refractivity contribution is 6.10. The number of nitrogens with zero attached hydrogens (tertiary/aromatic N) is 3. The van der Waals surface area contributed by atoms with E-state index in [4.69, 9.17) is 9.97 Å². The fourth-order valence-electron chi connectivity index (χ4n) is 10.1. The largest absolute Gasteiger partial charge is 0.332 e. The van der Waals surface area contributed by atoms with Crippen molar-refractivity contribution in [1.82, 2.24) is 14.5 Å². The molecule has 0 amide bonds. The maximum atomic E-state index is 5.17. The van der Waals surface area contributed by atoms with Gasteiger partial charge in [0.2, 0.25) is 0 Å². The average molecular weight is 726 g/mol. The van der Waals surface area contributed by atoms with Crippen LogP contribution in [-0.4, -0.2) is 14.5 Å². The van der Waals surface area contributed by atoms with Crippen molar-refractivity contribution in [2.75, 3.05) is 0 Å². The van der Waals surface area contributed by atoms with Gasteiger partial charge >= 0.3 is 0 Å². The van der Waals surface area contributed by atoms with Crippen LogP contribution in [0.1, 0.15) is 75.7 Å². The maximum absolute atomic E-state index is 5.17. The van der Waals surface area contributed by atoms with Crippen molar-refractivity contribution >= 4 is 43.9 Å². The van der Waals surface area contributed by atoms with Crippen LogP contribution in [-0.2, 0) is 0 Å². The second-order valence-corrected chi connectivity index (χ2v) is 16.1. The molecular formula is C53H47N3. The lowest BCUT2D eigenvalue weighted by atomic mass is 9.61. The zero-order valence-corrected chi connectivity index (χ0v) is 32.5. The van der Waals surface area contributed by atoms with Gasteiger partial charge in [-0.15, -0.1) is 0 Å². The van der Waals surface area contributed by atoms with E-state index in [1.54, 1.807) is 5.57 Å². The lowest BCUT2D eigenvalue weighted by Gasteiger charge is -2.47. The highest BCUT2D eigenvalue weighted by Crippen LogP contribution is 2.58. The summed E-state index contributed by atoms with van der Waals surface area (Å²) in [4.78, 5) is 10.2. The van der Waals surface area contributed by atoms with Crippen molar-refractivity contribution < 1.29 is 0 Å². The molecule has 2 aromatic heterocycles. The van der Waals surface area contributed by atoms with Crippen LogP contribution in [0.25, 0.3) is 66.4 Å². The molecule has 3 aliphatic rings. The first-order chi connectivity index (χ1) is 27.5. The minimum atomic E-state index is -0.199. The van der Waals surface area contributed by atoms with Crippen molar-refractivity contribution in [1.29, 1.82) is 0 Å². The summed E-state index contributed by atoms with van der Waals surface area (Å²) in [5, 5.41) is 3.62. The standard InChI is InChI=1S/C53H47N3/c1-4-5-18-35(2)50-44-34-38(28-30-46(44)54-52(55-50)37-21-10-7-11-22-37)39-29-31-48-43(33-39)40-23-14-15-27-47(40)56(48)51-42-25-13-12-24-41(42)49(36-19-8-6-9-20-36)45-26-16-17-32-53(45,51)3/h4-5,7,10-18,21-34,36,51H,6,8-9,19-20H2,1-3H3/b5-4-,35-18+. The molecule has 2 atom stereocenters. The molecule has 10 rings (SSSR count). The predicted molar refractivity (Wildman–Crippen MR) is 236 cm³/mol. The lowest BCUT2D eigenvalue weighted by molar-refractivity contribution is 0.355. The Morgan fingerprint density at radius 2 is 1.45 bits per heavy atom. The summed E-state index contributed by atoms with van der Waals surface area (Å²) in [5.41, 5.74) is 14.7. The second kappa shape index (κ2) is 13.9. The van der Waals surface area contributed by atoms with Crippen LogP contribution in [0.3, 0.4) is 0 Å². The van der Waals surface area contributed by atoms with Crippen molar-refractivity contribution in [2.45, 2.75) is 58.9 Å². The van der Waals surface area contributed by atoms with Gasteiger partial charge < -0.3 is 4.57 Å². The van der Waals surface area contributed by atoms with E-state index in [-0.39, 0.29) is 11.5 Å². The molecule has 0 radical (unpaired) electrons. The molecule has 1 saturated carbocycles. The summed E-state index contributed by atoms with van der Waals surface area (Å²) in [5.74, 6) is 1.35. The Morgan fingerprint density at radius 3 is 2.29 bits per heavy atom. The van der Waals surface area contributed by atoms with Gasteiger partial charge in [0.15, 0.2) is 5.82 Å². The van der Waals surface area contributed by atoms with E-state index in [1.165, 1.54) is 76.2 Å². The number of benzene rings is 5. The Balaban J connectivity index is 1.15. The van der Waals surface area contributed by atoms with Gasteiger partial charge in [0.25, 0.3) is 0 Å². The predicted octanol–water partition coefficient (Wildman–Crippen LogP) is 14.1. The Labute approximate surface area is 330 Å². The van der Waals surface area contributed by atoms with Crippen LogP contribution in [0.2, 0.25) is 0 Å². The molecule has 0 bridgehead atoms. The normalized spacial score (nSPS) is 20.1. The van der Waals surface area contributed by atoms with E-state index >= 15 is 0 Å². The molecule has 3 heteroatoms. The average Bonchev–Trinajstić information content (AvgIpc) is 3.57. The minimum Gasteiger partial charge on any atom is -0.332 e. The van der Waals surface area contributed by atoms with Gasteiger partial charge in [0.05, 0.1) is 17.3 Å². The van der Waals surface area contributed by atoms with Crippen LogP contribution in [0.15, 0.2) is 163 Å². The molecule has 0 saturated heterocycles. The molecule has 0 spiro atoms. The summed E-state index contributed by atoms with van der Waals surface area (Å²) >= 11 is 0. The number of aromatic nitrogens is 3. The first-order valence-electron chi connectivity index (χ1n) is 20.4. The summed E-state index contributed by atoms with van der Waals surface area (Å²) in [6.45, 7) is 6.68. The Hall–Kier alpha value is -6.06. The summed E-state index contributed by atoms with van der Waals surface area (Å²) < 4.78 is 2.67. The first kappa shape index (κ1) is 34.4. The van der Waals surface area contributed by atoms with E-state index in [0.29, 0.717) is 5.92 Å². The molecule has 3 nitrogen and oxygen atoms in total. The van der Waals surface area contributed by atoms with E-state index < -0.39 is 0 Å². The van der Waals surface area contributed by atoms with Crippen LogP contribution < -0.4 is 0 Å². The lowest BCUT2D eigenvalue weighted by Crippen LogP contribution is -2.37.